The Balaban J connectivity index is 0.000000662. The van der Waals surface area contributed by atoms with Crippen LogP contribution in [0.3, 0.4) is 0 Å². The van der Waals surface area contributed by atoms with E-state index >= 15 is 0 Å². The summed E-state index contributed by atoms with van der Waals surface area (Å²) in [4.78, 5) is 38.7. The highest BCUT2D eigenvalue weighted by molar-refractivity contribution is 5.82. The van der Waals surface area contributed by atoms with Crippen molar-refractivity contribution < 1.29 is 48.4 Å². The zero-order valence-corrected chi connectivity index (χ0v) is 28.9. The lowest BCUT2D eigenvalue weighted by Gasteiger charge is -2.21. The fourth-order valence-electron chi connectivity index (χ4n) is 2.87. The number of rotatable bonds is 14. The smallest absolute Gasteiger partial charge is 0.433 e. The largest absolute Gasteiger partial charge is 0.463 e. The number of aliphatic hydroxyl groups is 2. The van der Waals surface area contributed by atoms with E-state index in [9.17, 15) is 14.4 Å². The Morgan fingerprint density at radius 1 is 0.978 bits per heavy atom. The summed E-state index contributed by atoms with van der Waals surface area (Å²) in [6.07, 6.45) is 1.62. The Kier molecular flexibility index (Phi) is 19.8. The van der Waals surface area contributed by atoms with Gasteiger partial charge in [0.15, 0.2) is 11.5 Å². The summed E-state index contributed by atoms with van der Waals surface area (Å²) in [5.74, 6) is 1.73. The first kappa shape index (κ1) is 41.6. The number of aliphatic hydroxyl groups excluding tert-OH is 2. The van der Waals surface area contributed by atoms with E-state index in [0.717, 1.165) is 30.1 Å². The molecule has 0 aromatic heterocycles. The van der Waals surface area contributed by atoms with E-state index in [0.29, 0.717) is 25.6 Å². The van der Waals surface area contributed by atoms with E-state index in [1.807, 2.05) is 40.7 Å². The number of carbonyl (C=O) groups is 3. The van der Waals surface area contributed by atoms with Gasteiger partial charge in [-0.05, 0) is 83.9 Å². The molecular formula is C33H56N2O10. The molecule has 0 spiro atoms. The second-order valence-electron chi connectivity index (χ2n) is 12.0. The van der Waals surface area contributed by atoms with Crippen molar-refractivity contribution in [3.8, 4) is 11.5 Å². The number of benzene rings is 1. The van der Waals surface area contributed by atoms with Crippen molar-refractivity contribution >= 4 is 23.7 Å². The predicted octanol–water partition coefficient (Wildman–Crippen LogP) is 5.73. The number of hydrogen-bond acceptors (Lipinski definition) is 11. The van der Waals surface area contributed by atoms with Gasteiger partial charge in [-0.2, -0.15) is 0 Å². The van der Waals surface area contributed by atoms with Crippen molar-refractivity contribution in [1.82, 2.24) is 5.32 Å². The monoisotopic (exact) mass is 640 g/mol. The van der Waals surface area contributed by atoms with E-state index in [-0.39, 0.29) is 38.3 Å². The SMILES string of the molecule is CC/C(C)=N/OC(=O)NCCOC(=O)C(C)(C)CC.CCC(C)(C)C(=O)OCC(O)CO.CCC(C)c1ccc2c(c1)OCO2. The molecule has 1 aliphatic rings. The third-order valence-corrected chi connectivity index (χ3v) is 7.47. The first-order chi connectivity index (χ1) is 21.1. The van der Waals surface area contributed by atoms with E-state index in [1.54, 1.807) is 20.8 Å². The first-order valence-electron chi connectivity index (χ1n) is 15.6. The van der Waals surface area contributed by atoms with Crippen LogP contribution in [0.1, 0.15) is 106 Å². The summed E-state index contributed by atoms with van der Waals surface area (Å²) in [7, 11) is 0. The number of oxime groups is 1. The van der Waals surface area contributed by atoms with Crippen molar-refractivity contribution in [1.29, 1.82) is 0 Å². The van der Waals surface area contributed by atoms with Crippen LogP contribution in [0.25, 0.3) is 0 Å². The Labute approximate surface area is 268 Å². The molecule has 0 bridgehead atoms. The number of nitrogens with one attached hydrogen (secondary N) is 1. The minimum Gasteiger partial charge on any atom is -0.463 e. The number of nitrogens with zero attached hydrogens (tertiary/aromatic N) is 1. The number of hydrogen-bond donors (Lipinski definition) is 3. The molecule has 12 heteroatoms. The normalized spacial score (nSPS) is 13.6. The minimum absolute atomic E-state index is 0.119. The van der Waals surface area contributed by atoms with Crippen LogP contribution in [0.15, 0.2) is 23.4 Å². The lowest BCUT2D eigenvalue weighted by Crippen LogP contribution is -2.31. The molecule has 12 nitrogen and oxygen atoms in total. The summed E-state index contributed by atoms with van der Waals surface area (Å²) in [6.45, 7) is 19.2. The fourth-order valence-corrected chi connectivity index (χ4v) is 2.87. The van der Waals surface area contributed by atoms with E-state index in [2.05, 4.69) is 41.3 Å². The molecule has 0 radical (unpaired) electrons. The Morgan fingerprint density at radius 2 is 1.56 bits per heavy atom. The molecule has 0 aliphatic carbocycles. The van der Waals surface area contributed by atoms with Crippen molar-refractivity contribution in [2.75, 3.05) is 33.2 Å². The molecule has 1 aliphatic heterocycles. The van der Waals surface area contributed by atoms with Crippen LogP contribution in [0.5, 0.6) is 11.5 Å². The molecule has 1 amide bonds. The van der Waals surface area contributed by atoms with Crippen molar-refractivity contribution in [2.24, 2.45) is 16.0 Å². The van der Waals surface area contributed by atoms with Gasteiger partial charge in [-0.1, -0.05) is 45.8 Å². The van der Waals surface area contributed by atoms with Crippen LogP contribution in [0.2, 0.25) is 0 Å². The molecule has 3 N–H and O–H groups in total. The van der Waals surface area contributed by atoms with Crippen LogP contribution in [-0.4, -0.2) is 73.2 Å². The van der Waals surface area contributed by atoms with Crippen LogP contribution < -0.4 is 14.8 Å². The molecule has 1 aromatic carbocycles. The van der Waals surface area contributed by atoms with Crippen LogP contribution in [0, 0.1) is 10.8 Å². The standard InChI is InChI=1S/C13H24N2O4.C11H14O2.C9H18O4/c1-6-10(3)15-19-12(17)14-8-9-18-11(16)13(4,5)7-2;1-3-8(2)9-4-5-10-11(6-9)13-7-12-10;1-4-9(2,3)8(12)13-6-7(11)5-10/h6-9H2,1-5H3,(H,14,17);4-6,8H,3,7H2,1-2H3;7,10-11H,4-6H2,1-3H3/b15-10+;;. The summed E-state index contributed by atoms with van der Waals surface area (Å²) in [5, 5.41) is 23.4. The van der Waals surface area contributed by atoms with Crippen molar-refractivity contribution in [3.05, 3.63) is 23.8 Å². The minimum atomic E-state index is -0.975. The predicted molar refractivity (Wildman–Crippen MR) is 172 cm³/mol. The second kappa shape index (κ2) is 21.4. The number of amides is 1. The average molecular weight is 641 g/mol. The lowest BCUT2D eigenvalue weighted by molar-refractivity contribution is -0.157. The van der Waals surface area contributed by atoms with Crippen LogP contribution in [0.4, 0.5) is 4.79 Å². The molecule has 1 aromatic rings. The second-order valence-corrected chi connectivity index (χ2v) is 12.0. The molecule has 2 unspecified atom stereocenters. The van der Waals surface area contributed by atoms with Gasteiger partial charge in [0, 0.05) is 0 Å². The highest BCUT2D eigenvalue weighted by Crippen LogP contribution is 2.35. The maximum atomic E-state index is 11.6. The van der Waals surface area contributed by atoms with Gasteiger partial charge in [-0.15, -0.1) is 0 Å². The highest BCUT2D eigenvalue weighted by Gasteiger charge is 2.28. The molecule has 45 heavy (non-hydrogen) atoms. The average Bonchev–Trinajstić information content (AvgIpc) is 3.52. The first-order valence-corrected chi connectivity index (χ1v) is 15.6. The molecule has 258 valence electrons. The van der Waals surface area contributed by atoms with Gasteiger partial charge in [0.05, 0.1) is 29.7 Å². The molecular weight excluding hydrogens is 584 g/mol. The topological polar surface area (TPSA) is 162 Å². The van der Waals surface area contributed by atoms with Gasteiger partial charge < -0.3 is 34.5 Å². The van der Waals surface area contributed by atoms with Crippen molar-refractivity contribution in [2.45, 2.75) is 107 Å². The summed E-state index contributed by atoms with van der Waals surface area (Å²) in [6, 6.07) is 6.18. The summed E-state index contributed by atoms with van der Waals surface area (Å²) >= 11 is 0. The number of fused-ring (bicyclic) bond motifs is 1. The van der Waals surface area contributed by atoms with Gasteiger partial charge in [-0.25, -0.2) is 4.79 Å². The fraction of sp³-hybridized carbons (Fsp3) is 0.697. The van der Waals surface area contributed by atoms with E-state index < -0.39 is 23.0 Å². The number of ether oxygens (including phenoxy) is 4. The van der Waals surface area contributed by atoms with Crippen LogP contribution in [-0.2, 0) is 23.9 Å². The molecule has 1 heterocycles. The van der Waals surface area contributed by atoms with Gasteiger partial charge >= 0.3 is 18.0 Å². The zero-order valence-electron chi connectivity index (χ0n) is 28.9. The Morgan fingerprint density at radius 3 is 2.09 bits per heavy atom. The third kappa shape index (κ3) is 16.5. The molecule has 0 fully saturated rings. The highest BCUT2D eigenvalue weighted by atomic mass is 16.7. The maximum Gasteiger partial charge on any atom is 0.433 e. The molecule has 2 atom stereocenters. The lowest BCUT2D eigenvalue weighted by atomic mass is 9.91. The molecule has 0 saturated heterocycles. The maximum absolute atomic E-state index is 11.6. The van der Waals surface area contributed by atoms with Gasteiger partial charge in [0.2, 0.25) is 6.79 Å². The van der Waals surface area contributed by atoms with Gasteiger partial charge in [-0.3, -0.25) is 14.4 Å². The Hall–Kier alpha value is -3.38. The quantitative estimate of drug-likeness (QED) is 0.0753. The summed E-state index contributed by atoms with van der Waals surface area (Å²) in [5.41, 5.74) is 1.04. The molecule has 2 rings (SSSR count). The third-order valence-electron chi connectivity index (χ3n) is 7.47. The van der Waals surface area contributed by atoms with Crippen LogP contribution >= 0.6 is 0 Å². The van der Waals surface area contributed by atoms with Gasteiger partial charge in [0.25, 0.3) is 0 Å². The Bertz CT molecular complexity index is 1070. The zero-order chi connectivity index (χ0) is 34.6. The number of esters is 2. The van der Waals surface area contributed by atoms with E-state index in [1.165, 1.54) is 5.56 Å². The summed E-state index contributed by atoms with van der Waals surface area (Å²) < 4.78 is 20.4. The molecule has 0 saturated carbocycles. The van der Waals surface area contributed by atoms with Gasteiger partial charge in [0.1, 0.15) is 19.3 Å². The number of carbonyl (C=O) groups excluding carboxylic acids is 3. The van der Waals surface area contributed by atoms with Crippen molar-refractivity contribution in [3.63, 3.8) is 0 Å². The van der Waals surface area contributed by atoms with E-state index in [4.69, 9.17) is 29.2 Å².